The zero-order valence-corrected chi connectivity index (χ0v) is 32.0. The van der Waals surface area contributed by atoms with E-state index >= 15 is 0 Å². The largest absolute Gasteiger partial charge is 0.346 e. The second-order valence-electron chi connectivity index (χ2n) is 17.1. The molecule has 13 heteroatoms. The number of amides is 5. The molecule has 49 heavy (non-hydrogen) atoms. The van der Waals surface area contributed by atoms with E-state index in [4.69, 9.17) is 0 Å². The van der Waals surface area contributed by atoms with E-state index < -0.39 is 73.2 Å². The number of fused-ring (bicyclic) bond motifs is 1. The number of rotatable bonds is 14. The quantitative estimate of drug-likeness (QED) is 0.158. The molecule has 2 saturated carbocycles. The van der Waals surface area contributed by atoms with Gasteiger partial charge in [0.05, 0.1) is 22.1 Å². The number of urea groups is 1. The summed E-state index contributed by atoms with van der Waals surface area (Å²) in [5.41, 5.74) is -1.94. The second-order valence-corrected chi connectivity index (χ2v) is 19.8. The molecule has 5 atom stereocenters. The summed E-state index contributed by atoms with van der Waals surface area (Å²) in [6.07, 6.45) is 6.64. The van der Waals surface area contributed by atoms with E-state index in [0.717, 1.165) is 25.7 Å². The highest BCUT2D eigenvalue weighted by Crippen LogP contribution is 2.65. The molecule has 0 spiro atoms. The average Bonchev–Trinajstić information content (AvgIpc) is 3.30. The lowest BCUT2D eigenvalue weighted by molar-refractivity contribution is -0.145. The van der Waals surface area contributed by atoms with Gasteiger partial charge in [0, 0.05) is 13.1 Å². The number of piperidine rings is 1. The molecule has 0 aromatic rings. The number of carbonyl (C=O) groups excluding carboxylic acids is 5. The lowest BCUT2D eigenvalue weighted by atomic mass is 9.83. The van der Waals surface area contributed by atoms with Gasteiger partial charge in [-0.2, -0.15) is 0 Å². The Morgan fingerprint density at radius 2 is 1.59 bits per heavy atom. The number of carbonyl (C=O) groups is 5. The van der Waals surface area contributed by atoms with E-state index in [1.165, 1.54) is 11.0 Å². The lowest BCUT2D eigenvalue weighted by Crippen LogP contribution is -2.64. The maximum absolute atomic E-state index is 14.4. The minimum Gasteiger partial charge on any atom is -0.346 e. The van der Waals surface area contributed by atoms with Gasteiger partial charge in [0.2, 0.25) is 17.6 Å². The Balaban J connectivity index is 1.86. The molecule has 2 aliphatic carbocycles. The summed E-state index contributed by atoms with van der Waals surface area (Å²) < 4.78 is 25.6. The minimum atomic E-state index is -3.56. The van der Waals surface area contributed by atoms with Crippen LogP contribution in [0.25, 0.3) is 0 Å². The Morgan fingerprint density at radius 1 is 0.980 bits per heavy atom. The van der Waals surface area contributed by atoms with E-state index in [0.29, 0.717) is 25.8 Å². The van der Waals surface area contributed by atoms with Gasteiger partial charge in [-0.05, 0) is 62.7 Å². The molecule has 3 aliphatic rings. The van der Waals surface area contributed by atoms with Crippen LogP contribution in [0.15, 0.2) is 12.7 Å². The standard InChI is InChI=1S/C36H61N5O7S/c1-11-13-17-24(27(42)30(44)37-20-12-2)38-29(43)26-25-23(35(25,9)10)21-41(26)31(45)28(33(3,4)5)39-32(46)40-36(18-15-14-16-19-36)22-49(47,48)34(6,7)8/h12,23-26,28H,2,11,13-22H2,1,3-10H3,(H,37,44)(H,38,43)(H2,39,40,46)/t23-,24?,25-,26-,28+/m0/s1. The molecule has 278 valence electrons. The summed E-state index contributed by atoms with van der Waals surface area (Å²) in [7, 11) is -3.56. The van der Waals surface area contributed by atoms with Crippen LogP contribution in [0, 0.1) is 22.7 Å². The predicted octanol–water partition coefficient (Wildman–Crippen LogP) is 3.65. The summed E-state index contributed by atoms with van der Waals surface area (Å²) in [6.45, 7) is 20.5. The predicted molar refractivity (Wildman–Crippen MR) is 190 cm³/mol. The van der Waals surface area contributed by atoms with Gasteiger partial charge in [-0.1, -0.05) is 79.7 Å². The first-order valence-corrected chi connectivity index (χ1v) is 19.5. The number of nitrogens with one attached hydrogen (secondary N) is 4. The van der Waals surface area contributed by atoms with Crippen molar-refractivity contribution in [2.75, 3.05) is 18.8 Å². The number of hydrogen-bond acceptors (Lipinski definition) is 7. The van der Waals surface area contributed by atoms with E-state index in [-0.39, 0.29) is 36.0 Å². The number of unbranched alkanes of at least 4 members (excludes halogenated alkanes) is 1. The van der Waals surface area contributed by atoms with Crippen molar-refractivity contribution < 1.29 is 32.4 Å². The van der Waals surface area contributed by atoms with Gasteiger partial charge in [0.15, 0.2) is 9.84 Å². The summed E-state index contributed by atoms with van der Waals surface area (Å²) in [6, 6.07) is -3.60. The van der Waals surface area contributed by atoms with Crippen LogP contribution in [0.4, 0.5) is 4.79 Å². The molecule has 5 amide bonds. The fraction of sp³-hybridized carbons (Fsp3) is 0.806. The molecular weight excluding hydrogens is 646 g/mol. The number of sulfone groups is 1. The van der Waals surface area contributed by atoms with E-state index in [1.807, 2.05) is 27.7 Å². The number of likely N-dealkylation sites (tertiary alicyclic amines) is 1. The molecule has 0 radical (unpaired) electrons. The van der Waals surface area contributed by atoms with Gasteiger partial charge in [-0.15, -0.1) is 6.58 Å². The highest BCUT2D eigenvalue weighted by molar-refractivity contribution is 7.92. The second kappa shape index (κ2) is 15.1. The normalized spacial score (nSPS) is 24.1. The molecule has 3 fully saturated rings. The van der Waals surface area contributed by atoms with Gasteiger partial charge in [0.1, 0.15) is 12.1 Å². The fourth-order valence-electron chi connectivity index (χ4n) is 7.49. The van der Waals surface area contributed by atoms with Gasteiger partial charge in [-0.25, -0.2) is 13.2 Å². The van der Waals surface area contributed by atoms with Crippen molar-refractivity contribution in [2.45, 2.75) is 142 Å². The molecule has 1 unspecified atom stereocenters. The van der Waals surface area contributed by atoms with Crippen LogP contribution in [-0.4, -0.2) is 90.1 Å². The third kappa shape index (κ3) is 9.24. The van der Waals surface area contributed by atoms with Gasteiger partial charge in [0.25, 0.3) is 5.91 Å². The Morgan fingerprint density at radius 3 is 2.12 bits per heavy atom. The number of nitrogens with zero attached hydrogens (tertiary/aromatic N) is 1. The summed E-state index contributed by atoms with van der Waals surface area (Å²) in [5, 5.41) is 11.2. The summed E-state index contributed by atoms with van der Waals surface area (Å²) in [5.74, 6) is -2.78. The minimum absolute atomic E-state index is 0.0513. The molecule has 0 bridgehead atoms. The Kier molecular flexibility index (Phi) is 12.5. The molecule has 1 aliphatic heterocycles. The lowest BCUT2D eigenvalue weighted by Gasteiger charge is -2.41. The van der Waals surface area contributed by atoms with Crippen molar-refractivity contribution in [3.05, 3.63) is 12.7 Å². The zero-order chi connectivity index (χ0) is 37.2. The molecule has 0 aromatic carbocycles. The average molecular weight is 708 g/mol. The van der Waals surface area contributed by atoms with E-state index in [9.17, 15) is 32.4 Å². The van der Waals surface area contributed by atoms with Gasteiger partial charge < -0.3 is 26.2 Å². The molecule has 3 rings (SSSR count). The van der Waals surface area contributed by atoms with Crippen molar-refractivity contribution in [1.29, 1.82) is 0 Å². The van der Waals surface area contributed by atoms with Crippen LogP contribution < -0.4 is 21.3 Å². The topological polar surface area (TPSA) is 171 Å². The number of Topliss-reactive ketones (excluding diaryl/α,β-unsaturated/α-hetero) is 1. The maximum Gasteiger partial charge on any atom is 0.315 e. The van der Waals surface area contributed by atoms with Crippen molar-refractivity contribution in [3.63, 3.8) is 0 Å². The summed E-state index contributed by atoms with van der Waals surface area (Å²) >= 11 is 0. The Hall–Kier alpha value is -2.96. The number of hydrogen-bond donors (Lipinski definition) is 4. The van der Waals surface area contributed by atoms with Gasteiger partial charge in [-0.3, -0.25) is 19.2 Å². The van der Waals surface area contributed by atoms with Crippen molar-refractivity contribution in [1.82, 2.24) is 26.2 Å². The van der Waals surface area contributed by atoms with Crippen molar-refractivity contribution >= 4 is 39.4 Å². The van der Waals surface area contributed by atoms with Gasteiger partial charge >= 0.3 is 6.03 Å². The smallest absolute Gasteiger partial charge is 0.315 e. The van der Waals surface area contributed by atoms with Crippen LogP contribution in [0.1, 0.15) is 114 Å². The fourth-order valence-corrected chi connectivity index (χ4v) is 9.02. The maximum atomic E-state index is 14.4. The molecule has 1 heterocycles. The van der Waals surface area contributed by atoms with Crippen LogP contribution in [0.3, 0.4) is 0 Å². The highest BCUT2D eigenvalue weighted by atomic mass is 32.2. The molecule has 12 nitrogen and oxygen atoms in total. The molecule has 1 saturated heterocycles. The zero-order valence-electron chi connectivity index (χ0n) is 31.2. The van der Waals surface area contributed by atoms with Crippen LogP contribution in [0.5, 0.6) is 0 Å². The van der Waals surface area contributed by atoms with Crippen LogP contribution >= 0.6 is 0 Å². The van der Waals surface area contributed by atoms with Crippen LogP contribution in [0.2, 0.25) is 0 Å². The highest BCUT2D eigenvalue weighted by Gasteiger charge is 2.70. The monoisotopic (exact) mass is 707 g/mol. The summed E-state index contributed by atoms with van der Waals surface area (Å²) in [4.78, 5) is 69.4. The first kappa shape index (κ1) is 40.5. The third-order valence-corrected chi connectivity index (χ3v) is 13.6. The molecular formula is C36H61N5O7S. The Labute approximate surface area is 293 Å². The van der Waals surface area contributed by atoms with Crippen molar-refractivity contribution in [3.8, 4) is 0 Å². The first-order chi connectivity index (χ1) is 22.5. The van der Waals surface area contributed by atoms with Crippen LogP contribution in [-0.2, 0) is 29.0 Å². The van der Waals surface area contributed by atoms with E-state index in [1.54, 1.807) is 20.8 Å². The number of ketones is 1. The SMILES string of the molecule is C=CCNC(=O)C(=O)C(CCCC)NC(=O)[C@@H]1[C@@H]2[C@H](CN1C(=O)[C@@H](NC(=O)NC1(CS(=O)(=O)C(C)(C)C)CCCCC1)C(C)(C)C)C2(C)C. The van der Waals surface area contributed by atoms with E-state index in [2.05, 4.69) is 41.7 Å². The van der Waals surface area contributed by atoms with Crippen molar-refractivity contribution in [2.24, 2.45) is 22.7 Å². The third-order valence-electron chi connectivity index (χ3n) is 10.8. The first-order valence-electron chi connectivity index (χ1n) is 17.9. The molecule has 0 aromatic heterocycles. The Bertz CT molecular complexity index is 1390. The molecule has 4 N–H and O–H groups in total.